The minimum Gasteiger partial charge on any atom is -0.119 e. The van der Waals surface area contributed by atoms with E-state index < -0.39 is 0 Å². The van der Waals surface area contributed by atoms with Crippen LogP contribution in [0.25, 0.3) is 0 Å². The highest BCUT2D eigenvalue weighted by Gasteiger charge is 2.26. The third kappa shape index (κ3) is 0.796. The molecule has 0 N–H and O–H groups in total. The zero-order chi connectivity index (χ0) is 5.40. The normalized spacial score (nSPS) is 48.0. The van der Waals surface area contributed by atoms with Crippen LogP contribution in [-0.4, -0.2) is 11.8 Å². The van der Waals surface area contributed by atoms with Gasteiger partial charge in [0.25, 0.3) is 0 Å². The van der Waals surface area contributed by atoms with Gasteiger partial charge < -0.3 is 0 Å². The first-order valence-electron chi connectivity index (χ1n) is 3.68. The van der Waals surface area contributed by atoms with Gasteiger partial charge in [-0.15, -0.1) is 8.58 Å². The van der Waals surface area contributed by atoms with Gasteiger partial charge in [0.15, 0.2) is 0 Å². The number of hydrogen-bond acceptors (Lipinski definition) is 0. The molecule has 0 aromatic rings. The Bertz CT molecular complexity index is 59.4. The average Bonchev–Trinajstić information content (AvgIpc) is 1.92. The lowest BCUT2D eigenvalue weighted by Gasteiger charge is -2.35. The van der Waals surface area contributed by atoms with E-state index in [0.717, 1.165) is 0 Å². The van der Waals surface area contributed by atoms with Gasteiger partial charge in [0.05, 0.1) is 0 Å². The van der Waals surface area contributed by atoms with Crippen LogP contribution in [0.2, 0.25) is 0 Å². The Labute approximate surface area is 52.8 Å². The van der Waals surface area contributed by atoms with Crippen molar-refractivity contribution in [3.8, 4) is 0 Å². The van der Waals surface area contributed by atoms with Crippen molar-refractivity contribution in [1.29, 1.82) is 0 Å². The zero-order valence-corrected chi connectivity index (χ0v) is 6.19. The molecule has 2 saturated heterocycles. The lowest BCUT2D eigenvalue weighted by molar-refractivity contribution is 0.374. The summed E-state index contributed by atoms with van der Waals surface area (Å²) in [5.41, 5.74) is 1.18. The Kier molecular flexibility index (Phi) is 1.30. The SMILES string of the molecule is C1CC2CCC1CP2. The average molecular weight is 128 g/mol. The molecule has 1 heteroatoms. The van der Waals surface area contributed by atoms with E-state index in [4.69, 9.17) is 0 Å². The van der Waals surface area contributed by atoms with Crippen LogP contribution in [-0.2, 0) is 0 Å². The topological polar surface area (TPSA) is 0 Å². The molecule has 1 atom stereocenters. The lowest BCUT2D eigenvalue weighted by atomic mass is 9.89. The van der Waals surface area contributed by atoms with Gasteiger partial charge in [-0.05, 0) is 43.4 Å². The van der Waals surface area contributed by atoms with E-state index in [1.165, 1.54) is 20.2 Å². The first-order chi connectivity index (χ1) is 3.95. The molecule has 0 aromatic heterocycles. The number of hydrogen-bond donors (Lipinski definition) is 0. The molecule has 0 spiro atoms. The van der Waals surface area contributed by atoms with Crippen molar-refractivity contribution in [3.63, 3.8) is 0 Å². The summed E-state index contributed by atoms with van der Waals surface area (Å²) in [6, 6.07) is 0. The molecule has 2 heterocycles. The fourth-order valence-electron chi connectivity index (χ4n) is 1.90. The van der Waals surface area contributed by atoms with Crippen LogP contribution in [0.3, 0.4) is 0 Å². The second-order valence-electron chi connectivity index (χ2n) is 3.13. The molecule has 46 valence electrons. The van der Waals surface area contributed by atoms with Crippen molar-refractivity contribution < 1.29 is 0 Å². The van der Waals surface area contributed by atoms with E-state index in [9.17, 15) is 0 Å². The van der Waals surface area contributed by atoms with E-state index in [0.29, 0.717) is 0 Å². The fourth-order valence-corrected chi connectivity index (χ4v) is 3.72. The third-order valence-electron chi connectivity index (χ3n) is 2.54. The first-order valence-corrected chi connectivity index (χ1v) is 4.97. The monoisotopic (exact) mass is 128 g/mol. The maximum absolute atomic E-state index is 1.59. The highest BCUT2D eigenvalue weighted by atomic mass is 31.1. The third-order valence-corrected chi connectivity index (χ3v) is 4.51. The summed E-state index contributed by atoms with van der Waals surface area (Å²) in [6.07, 6.45) is 7.87. The summed E-state index contributed by atoms with van der Waals surface area (Å²) in [5, 5.41) is 0. The van der Waals surface area contributed by atoms with Crippen molar-refractivity contribution in [2.75, 3.05) is 6.16 Å². The largest absolute Gasteiger partial charge is 0.119 e. The molecule has 3 rings (SSSR count). The van der Waals surface area contributed by atoms with Gasteiger partial charge >= 0.3 is 0 Å². The predicted octanol–water partition coefficient (Wildman–Crippen LogP) is 2.24. The molecule has 0 radical (unpaired) electrons. The molecule has 0 nitrogen and oxygen atoms in total. The minimum atomic E-state index is 1.17. The molecular weight excluding hydrogens is 115 g/mol. The smallest absolute Gasteiger partial charge is 0.0236 e. The van der Waals surface area contributed by atoms with Crippen LogP contribution in [0.4, 0.5) is 0 Å². The number of rotatable bonds is 0. The van der Waals surface area contributed by atoms with E-state index in [-0.39, 0.29) is 0 Å². The Morgan fingerprint density at radius 1 is 1.00 bits per heavy atom. The molecule has 1 aliphatic carbocycles. The molecule has 1 unspecified atom stereocenters. The standard InChI is InChI=1S/C7H13P/c1-3-7-4-2-6(1)5-8-7/h6-8H,1-5H2. The van der Waals surface area contributed by atoms with Gasteiger partial charge in [0, 0.05) is 0 Å². The van der Waals surface area contributed by atoms with E-state index in [1.807, 2.05) is 0 Å². The summed E-state index contributed by atoms with van der Waals surface area (Å²) < 4.78 is 0. The summed E-state index contributed by atoms with van der Waals surface area (Å²) >= 11 is 0. The Hall–Kier alpha value is 0.430. The van der Waals surface area contributed by atoms with Crippen LogP contribution < -0.4 is 0 Å². The van der Waals surface area contributed by atoms with Crippen LogP contribution in [0.1, 0.15) is 25.7 Å². The van der Waals surface area contributed by atoms with E-state index in [2.05, 4.69) is 0 Å². The lowest BCUT2D eigenvalue weighted by Crippen LogP contribution is -2.23. The Morgan fingerprint density at radius 2 is 1.75 bits per heavy atom. The Balaban J connectivity index is 2.03. The summed E-state index contributed by atoms with van der Waals surface area (Å²) in [5.74, 6) is 1.17. The van der Waals surface area contributed by atoms with Crippen LogP contribution >= 0.6 is 8.58 Å². The number of fused-ring (bicyclic) bond motifs is 3. The van der Waals surface area contributed by atoms with Gasteiger partial charge in [0.2, 0.25) is 0 Å². The molecule has 2 bridgehead atoms. The molecule has 1 saturated carbocycles. The summed E-state index contributed by atoms with van der Waals surface area (Å²) in [7, 11) is 1.34. The molecule has 3 aliphatic rings. The highest BCUT2D eigenvalue weighted by Crippen LogP contribution is 2.44. The van der Waals surface area contributed by atoms with Crippen molar-refractivity contribution in [2.24, 2.45) is 5.92 Å². The second kappa shape index (κ2) is 1.99. The van der Waals surface area contributed by atoms with Crippen LogP contribution in [0, 0.1) is 5.92 Å². The molecular formula is C7H13P. The second-order valence-corrected chi connectivity index (χ2v) is 4.76. The highest BCUT2D eigenvalue weighted by molar-refractivity contribution is 7.39. The quantitative estimate of drug-likeness (QED) is 0.439. The van der Waals surface area contributed by atoms with Crippen LogP contribution in [0.5, 0.6) is 0 Å². The van der Waals surface area contributed by atoms with Crippen molar-refractivity contribution >= 4 is 8.58 Å². The minimum absolute atomic E-state index is 1.17. The van der Waals surface area contributed by atoms with Gasteiger partial charge in [-0.1, -0.05) is 0 Å². The first kappa shape index (κ1) is 5.23. The van der Waals surface area contributed by atoms with E-state index >= 15 is 0 Å². The molecule has 3 fully saturated rings. The van der Waals surface area contributed by atoms with Gasteiger partial charge in [0.1, 0.15) is 0 Å². The zero-order valence-electron chi connectivity index (χ0n) is 5.19. The Morgan fingerprint density at radius 3 is 1.88 bits per heavy atom. The molecule has 2 aliphatic heterocycles. The van der Waals surface area contributed by atoms with Gasteiger partial charge in [-0.2, -0.15) is 0 Å². The van der Waals surface area contributed by atoms with Crippen molar-refractivity contribution in [3.05, 3.63) is 0 Å². The van der Waals surface area contributed by atoms with Crippen LogP contribution in [0.15, 0.2) is 0 Å². The predicted molar refractivity (Wildman–Crippen MR) is 38.9 cm³/mol. The fraction of sp³-hybridized carbons (Fsp3) is 1.00. The van der Waals surface area contributed by atoms with Crippen molar-refractivity contribution in [1.82, 2.24) is 0 Å². The van der Waals surface area contributed by atoms with Crippen molar-refractivity contribution in [2.45, 2.75) is 31.3 Å². The maximum Gasteiger partial charge on any atom is -0.0236 e. The van der Waals surface area contributed by atoms with E-state index in [1.54, 1.807) is 31.8 Å². The molecule has 0 amide bonds. The maximum atomic E-state index is 1.59. The molecule has 0 aromatic carbocycles. The molecule has 8 heavy (non-hydrogen) atoms. The summed E-state index contributed by atoms with van der Waals surface area (Å²) in [6.45, 7) is 0. The van der Waals surface area contributed by atoms with Gasteiger partial charge in [-0.25, -0.2) is 0 Å². The van der Waals surface area contributed by atoms with Gasteiger partial charge in [-0.3, -0.25) is 0 Å². The summed E-state index contributed by atoms with van der Waals surface area (Å²) in [4.78, 5) is 0.